The molecule has 0 aliphatic carbocycles. The lowest BCUT2D eigenvalue weighted by atomic mass is 10.3. The number of nitro groups is 1. The first-order chi connectivity index (χ1) is 9.63. The first kappa shape index (κ1) is 14.2. The van der Waals surface area contributed by atoms with Gasteiger partial charge in [-0.05, 0) is 30.3 Å². The number of methoxy groups -OCH3 is 2. The third-order valence-corrected chi connectivity index (χ3v) is 3.71. The Morgan fingerprint density at radius 2 is 1.75 bits per heavy atom. The molecule has 0 fully saturated rings. The van der Waals surface area contributed by atoms with E-state index in [-0.39, 0.29) is 5.69 Å². The second kappa shape index (κ2) is 6.29. The summed E-state index contributed by atoms with van der Waals surface area (Å²) in [6, 6.07) is 12.1. The van der Waals surface area contributed by atoms with Gasteiger partial charge >= 0.3 is 0 Å². The summed E-state index contributed by atoms with van der Waals surface area (Å²) in [5.74, 6) is 1.27. The number of hydrogen-bond donors (Lipinski definition) is 0. The van der Waals surface area contributed by atoms with Crippen molar-refractivity contribution >= 4 is 17.4 Å². The largest absolute Gasteiger partial charge is 0.497 e. The summed E-state index contributed by atoms with van der Waals surface area (Å²) < 4.78 is 10.3. The zero-order valence-electron chi connectivity index (χ0n) is 11.0. The van der Waals surface area contributed by atoms with Gasteiger partial charge in [0, 0.05) is 11.0 Å². The van der Waals surface area contributed by atoms with E-state index < -0.39 is 4.92 Å². The summed E-state index contributed by atoms with van der Waals surface area (Å²) in [7, 11) is 3.11. The molecule has 0 radical (unpaired) electrons. The van der Waals surface area contributed by atoms with Gasteiger partial charge in [0.25, 0.3) is 5.69 Å². The standard InChI is InChI=1S/C14H13NO4S/c1-18-11-4-6-12(7-5-11)20-14-8-3-10(15(16)17)9-13(14)19-2/h3-9H,1-2H3. The molecule has 0 saturated carbocycles. The lowest BCUT2D eigenvalue weighted by molar-refractivity contribution is -0.385. The Balaban J connectivity index is 2.25. The summed E-state index contributed by atoms with van der Waals surface area (Å²) >= 11 is 1.48. The van der Waals surface area contributed by atoms with Crippen LogP contribution >= 0.6 is 11.8 Å². The van der Waals surface area contributed by atoms with E-state index in [2.05, 4.69) is 0 Å². The number of hydrogen-bond acceptors (Lipinski definition) is 5. The minimum Gasteiger partial charge on any atom is -0.497 e. The van der Waals surface area contributed by atoms with Crippen molar-refractivity contribution in [2.24, 2.45) is 0 Å². The Bertz CT molecular complexity index is 613. The van der Waals surface area contributed by atoms with Crippen molar-refractivity contribution in [3.05, 3.63) is 52.6 Å². The van der Waals surface area contributed by atoms with Crippen LogP contribution in [0.5, 0.6) is 11.5 Å². The molecule has 6 heteroatoms. The average molecular weight is 291 g/mol. The number of nitrogens with zero attached hydrogens (tertiary/aromatic N) is 1. The number of benzene rings is 2. The minimum atomic E-state index is -0.440. The van der Waals surface area contributed by atoms with Crippen LogP contribution in [0.25, 0.3) is 0 Å². The van der Waals surface area contributed by atoms with Crippen molar-refractivity contribution in [1.29, 1.82) is 0 Å². The molecule has 0 N–H and O–H groups in total. The van der Waals surface area contributed by atoms with E-state index in [1.54, 1.807) is 13.2 Å². The van der Waals surface area contributed by atoms with Crippen LogP contribution in [0, 0.1) is 10.1 Å². The van der Waals surface area contributed by atoms with E-state index in [0.29, 0.717) is 5.75 Å². The first-order valence-electron chi connectivity index (χ1n) is 5.78. The lowest BCUT2D eigenvalue weighted by Gasteiger charge is -2.08. The predicted molar refractivity (Wildman–Crippen MR) is 76.8 cm³/mol. The van der Waals surface area contributed by atoms with Crippen LogP contribution in [0.1, 0.15) is 0 Å². The normalized spacial score (nSPS) is 10.1. The number of rotatable bonds is 5. The fourth-order valence-corrected chi connectivity index (χ4v) is 2.53. The van der Waals surface area contributed by atoms with E-state index >= 15 is 0 Å². The van der Waals surface area contributed by atoms with Gasteiger partial charge in [0.05, 0.1) is 30.1 Å². The van der Waals surface area contributed by atoms with Gasteiger partial charge in [-0.1, -0.05) is 11.8 Å². The molecular formula is C14H13NO4S. The van der Waals surface area contributed by atoms with Gasteiger partial charge in [-0.3, -0.25) is 10.1 Å². The zero-order valence-corrected chi connectivity index (χ0v) is 11.8. The number of ether oxygens (including phenoxy) is 2. The summed E-state index contributed by atoms with van der Waals surface area (Å²) in [4.78, 5) is 12.1. The molecule has 0 spiro atoms. The summed E-state index contributed by atoms with van der Waals surface area (Å²) in [5, 5.41) is 10.7. The molecule has 2 aromatic rings. The Labute approximate surface area is 120 Å². The second-order valence-corrected chi connectivity index (χ2v) is 4.99. The van der Waals surface area contributed by atoms with E-state index in [4.69, 9.17) is 9.47 Å². The second-order valence-electron chi connectivity index (χ2n) is 3.87. The molecule has 104 valence electrons. The smallest absolute Gasteiger partial charge is 0.273 e. The molecule has 0 bridgehead atoms. The quantitative estimate of drug-likeness (QED) is 0.620. The van der Waals surface area contributed by atoms with Crippen molar-refractivity contribution in [3.63, 3.8) is 0 Å². The van der Waals surface area contributed by atoms with Crippen LogP contribution in [-0.4, -0.2) is 19.1 Å². The van der Waals surface area contributed by atoms with Crippen molar-refractivity contribution in [3.8, 4) is 11.5 Å². The van der Waals surface area contributed by atoms with Gasteiger partial charge in [0.2, 0.25) is 0 Å². The molecule has 5 nitrogen and oxygen atoms in total. The van der Waals surface area contributed by atoms with E-state index in [0.717, 1.165) is 15.5 Å². The zero-order chi connectivity index (χ0) is 14.5. The maximum atomic E-state index is 10.7. The average Bonchev–Trinajstić information content (AvgIpc) is 2.48. The highest BCUT2D eigenvalue weighted by Crippen LogP contribution is 2.37. The summed E-state index contributed by atoms with van der Waals surface area (Å²) in [6.45, 7) is 0. The van der Waals surface area contributed by atoms with Crippen molar-refractivity contribution in [2.45, 2.75) is 9.79 Å². The van der Waals surface area contributed by atoms with Crippen LogP contribution in [0.2, 0.25) is 0 Å². The molecule has 0 saturated heterocycles. The van der Waals surface area contributed by atoms with Crippen LogP contribution in [-0.2, 0) is 0 Å². The summed E-state index contributed by atoms with van der Waals surface area (Å²) in [5.41, 5.74) is 0.0148. The first-order valence-corrected chi connectivity index (χ1v) is 6.60. The SMILES string of the molecule is COc1ccc(Sc2ccc([N+](=O)[O-])cc2OC)cc1. The van der Waals surface area contributed by atoms with Crippen LogP contribution < -0.4 is 9.47 Å². The topological polar surface area (TPSA) is 61.6 Å². The van der Waals surface area contributed by atoms with Crippen molar-refractivity contribution < 1.29 is 14.4 Å². The molecular weight excluding hydrogens is 278 g/mol. The third kappa shape index (κ3) is 3.21. The fourth-order valence-electron chi connectivity index (χ4n) is 1.62. The number of non-ortho nitro benzene ring substituents is 1. The van der Waals surface area contributed by atoms with Gasteiger partial charge in [0.15, 0.2) is 0 Å². The van der Waals surface area contributed by atoms with Gasteiger partial charge in [-0.25, -0.2) is 0 Å². The molecule has 20 heavy (non-hydrogen) atoms. The molecule has 0 unspecified atom stereocenters. The maximum absolute atomic E-state index is 10.7. The van der Waals surface area contributed by atoms with Crippen molar-refractivity contribution in [2.75, 3.05) is 14.2 Å². The van der Waals surface area contributed by atoms with Crippen LogP contribution in [0.4, 0.5) is 5.69 Å². The van der Waals surface area contributed by atoms with E-state index in [9.17, 15) is 10.1 Å². The lowest BCUT2D eigenvalue weighted by Crippen LogP contribution is -1.91. The molecule has 0 aliphatic heterocycles. The van der Waals surface area contributed by atoms with Crippen LogP contribution in [0.3, 0.4) is 0 Å². The molecule has 0 aromatic heterocycles. The Hall–Kier alpha value is -2.21. The molecule has 0 atom stereocenters. The van der Waals surface area contributed by atoms with Crippen molar-refractivity contribution in [1.82, 2.24) is 0 Å². The Morgan fingerprint density at radius 3 is 2.30 bits per heavy atom. The third-order valence-electron chi connectivity index (χ3n) is 2.65. The Morgan fingerprint density at radius 1 is 1.05 bits per heavy atom. The highest BCUT2D eigenvalue weighted by Gasteiger charge is 2.12. The van der Waals surface area contributed by atoms with E-state index in [1.165, 1.54) is 31.0 Å². The number of nitro benzene ring substituents is 1. The van der Waals surface area contributed by atoms with Crippen LogP contribution in [0.15, 0.2) is 52.3 Å². The maximum Gasteiger partial charge on any atom is 0.273 e. The predicted octanol–water partition coefficient (Wildman–Crippen LogP) is 3.76. The fraction of sp³-hybridized carbons (Fsp3) is 0.143. The van der Waals surface area contributed by atoms with Gasteiger partial charge in [-0.15, -0.1) is 0 Å². The monoisotopic (exact) mass is 291 g/mol. The highest BCUT2D eigenvalue weighted by molar-refractivity contribution is 7.99. The minimum absolute atomic E-state index is 0.0148. The molecule has 0 heterocycles. The van der Waals surface area contributed by atoms with Gasteiger partial charge in [0.1, 0.15) is 11.5 Å². The molecule has 2 rings (SSSR count). The van der Waals surface area contributed by atoms with Gasteiger partial charge < -0.3 is 9.47 Å². The molecule has 0 amide bonds. The highest BCUT2D eigenvalue weighted by atomic mass is 32.2. The van der Waals surface area contributed by atoms with Gasteiger partial charge in [-0.2, -0.15) is 0 Å². The summed E-state index contributed by atoms with van der Waals surface area (Å²) in [6.07, 6.45) is 0. The molecule has 2 aromatic carbocycles. The van der Waals surface area contributed by atoms with E-state index in [1.807, 2.05) is 24.3 Å². The molecule has 0 aliphatic rings. The Kier molecular flexibility index (Phi) is 4.47.